The average molecular weight is 438 g/mol. The maximum absolute atomic E-state index is 12.0. The van der Waals surface area contributed by atoms with Gasteiger partial charge in [0.1, 0.15) is 10.1 Å². The number of fused-ring (bicyclic) bond motifs is 1. The predicted molar refractivity (Wildman–Crippen MR) is 130 cm³/mol. The molecule has 3 nitrogen and oxygen atoms in total. The number of amides is 1. The first kappa shape index (κ1) is 21.1. The lowest BCUT2D eigenvalue weighted by molar-refractivity contribution is -0.115. The standard InChI is InChI=1S/C25H27NO2S2/c1-14-10-18-19(25(4,5)9-8-24(18,2)3)13-16(14)17-11-15(6-7-20(17)27)12-21-22(28)26-23(29)30-21/h6-7,10-13,27H,8-9H2,1-5H3,(H,26,28,29). The van der Waals surface area contributed by atoms with Crippen molar-refractivity contribution in [3.8, 4) is 16.9 Å². The molecule has 2 aromatic rings. The van der Waals surface area contributed by atoms with E-state index in [0.717, 1.165) is 28.7 Å². The van der Waals surface area contributed by atoms with Crippen LogP contribution in [0.4, 0.5) is 0 Å². The van der Waals surface area contributed by atoms with Crippen molar-refractivity contribution < 1.29 is 9.90 Å². The van der Waals surface area contributed by atoms with E-state index >= 15 is 0 Å². The number of nitrogens with one attached hydrogen (secondary N) is 1. The monoisotopic (exact) mass is 437 g/mol. The third-order valence-corrected chi connectivity index (χ3v) is 7.61. The van der Waals surface area contributed by atoms with E-state index in [2.05, 4.69) is 52.1 Å². The summed E-state index contributed by atoms with van der Waals surface area (Å²) in [7, 11) is 0. The second-order valence-electron chi connectivity index (χ2n) is 9.61. The molecule has 2 aromatic carbocycles. The van der Waals surface area contributed by atoms with Crippen LogP contribution in [0.3, 0.4) is 0 Å². The van der Waals surface area contributed by atoms with Crippen LogP contribution in [0, 0.1) is 6.92 Å². The van der Waals surface area contributed by atoms with Gasteiger partial charge in [0.15, 0.2) is 0 Å². The number of carbonyl (C=O) groups is 1. The third kappa shape index (κ3) is 3.69. The van der Waals surface area contributed by atoms with E-state index < -0.39 is 0 Å². The number of aryl methyl sites for hydroxylation is 1. The van der Waals surface area contributed by atoms with E-state index in [-0.39, 0.29) is 22.5 Å². The molecule has 5 heteroatoms. The Labute approximate surface area is 188 Å². The Morgan fingerprint density at radius 3 is 2.27 bits per heavy atom. The minimum absolute atomic E-state index is 0.0940. The number of thioether (sulfide) groups is 1. The van der Waals surface area contributed by atoms with Gasteiger partial charge in [0.2, 0.25) is 0 Å². The van der Waals surface area contributed by atoms with Gasteiger partial charge in [0, 0.05) is 5.56 Å². The van der Waals surface area contributed by atoms with E-state index in [9.17, 15) is 9.90 Å². The zero-order valence-corrected chi connectivity index (χ0v) is 19.7. The van der Waals surface area contributed by atoms with E-state index in [1.807, 2.05) is 18.2 Å². The number of phenolic OH excluding ortho intramolecular Hbond substituents is 1. The van der Waals surface area contributed by atoms with Gasteiger partial charge in [-0.25, -0.2) is 0 Å². The quantitative estimate of drug-likeness (QED) is 0.433. The van der Waals surface area contributed by atoms with Gasteiger partial charge in [-0.2, -0.15) is 0 Å². The minimum Gasteiger partial charge on any atom is -0.507 e. The number of phenols is 1. The molecule has 0 bridgehead atoms. The Kier molecular flexibility index (Phi) is 5.10. The molecule has 1 fully saturated rings. The number of thiocarbonyl (C=S) groups is 1. The molecule has 1 aliphatic heterocycles. The van der Waals surface area contributed by atoms with Crippen molar-refractivity contribution in [2.24, 2.45) is 0 Å². The van der Waals surface area contributed by atoms with E-state index in [1.54, 1.807) is 6.07 Å². The van der Waals surface area contributed by atoms with Gasteiger partial charge in [-0.3, -0.25) is 4.79 Å². The highest BCUT2D eigenvalue weighted by molar-refractivity contribution is 8.26. The second-order valence-corrected chi connectivity index (χ2v) is 11.3. The molecule has 0 spiro atoms. The number of benzene rings is 2. The average Bonchev–Trinajstić information content (AvgIpc) is 2.97. The summed E-state index contributed by atoms with van der Waals surface area (Å²) in [6.07, 6.45) is 4.13. The van der Waals surface area contributed by atoms with Gasteiger partial charge >= 0.3 is 0 Å². The van der Waals surface area contributed by atoms with Crippen LogP contribution in [-0.4, -0.2) is 15.3 Å². The number of hydrogen-bond donors (Lipinski definition) is 2. The minimum atomic E-state index is -0.173. The molecule has 1 amide bonds. The van der Waals surface area contributed by atoms with Crippen LogP contribution in [0.5, 0.6) is 5.75 Å². The molecule has 156 valence electrons. The Morgan fingerprint density at radius 1 is 1.03 bits per heavy atom. The van der Waals surface area contributed by atoms with E-state index in [4.69, 9.17) is 12.2 Å². The summed E-state index contributed by atoms with van der Waals surface area (Å²) in [6, 6.07) is 10.0. The Morgan fingerprint density at radius 2 is 1.67 bits per heavy atom. The molecule has 2 aliphatic rings. The molecule has 1 heterocycles. The summed E-state index contributed by atoms with van der Waals surface area (Å²) < 4.78 is 0.473. The van der Waals surface area contributed by atoms with E-state index in [0.29, 0.717) is 9.23 Å². The Bertz CT molecular complexity index is 1110. The second kappa shape index (κ2) is 7.24. The van der Waals surface area contributed by atoms with Crippen molar-refractivity contribution in [3.05, 3.63) is 57.5 Å². The third-order valence-electron chi connectivity index (χ3n) is 6.45. The number of rotatable bonds is 2. The first-order chi connectivity index (χ1) is 14.0. The Hall–Kier alpha value is -2.11. The van der Waals surface area contributed by atoms with Crippen molar-refractivity contribution in [2.75, 3.05) is 0 Å². The van der Waals surface area contributed by atoms with Gasteiger partial charge in [0.25, 0.3) is 5.91 Å². The van der Waals surface area contributed by atoms with Gasteiger partial charge in [-0.05, 0) is 82.7 Å². The summed E-state index contributed by atoms with van der Waals surface area (Å²) in [5, 5.41) is 13.3. The van der Waals surface area contributed by atoms with Gasteiger partial charge in [-0.1, -0.05) is 63.8 Å². The highest BCUT2D eigenvalue weighted by atomic mass is 32.2. The van der Waals surface area contributed by atoms with Crippen molar-refractivity contribution in [3.63, 3.8) is 0 Å². The summed E-state index contributed by atoms with van der Waals surface area (Å²) >= 11 is 6.34. The molecule has 0 radical (unpaired) electrons. The van der Waals surface area contributed by atoms with Crippen molar-refractivity contribution in [2.45, 2.75) is 58.3 Å². The molecule has 0 aromatic heterocycles. The fourth-order valence-corrected chi connectivity index (χ4v) is 5.49. The fourth-order valence-electron chi connectivity index (χ4n) is 4.44. The fraction of sp³-hybridized carbons (Fsp3) is 0.360. The molecule has 0 unspecified atom stereocenters. The van der Waals surface area contributed by atoms with Crippen molar-refractivity contribution >= 4 is 40.3 Å². The lowest BCUT2D eigenvalue weighted by atomic mass is 9.62. The molecule has 0 atom stereocenters. The molecule has 30 heavy (non-hydrogen) atoms. The summed E-state index contributed by atoms with van der Waals surface area (Å²) in [5.74, 6) is 0.0701. The zero-order valence-electron chi connectivity index (χ0n) is 18.1. The predicted octanol–water partition coefficient (Wildman–Crippen LogP) is 6.21. The molecule has 4 rings (SSSR count). The van der Waals surface area contributed by atoms with Crippen molar-refractivity contribution in [1.29, 1.82) is 0 Å². The lowest BCUT2D eigenvalue weighted by Crippen LogP contribution is -2.34. The van der Waals surface area contributed by atoms with Gasteiger partial charge in [-0.15, -0.1) is 0 Å². The number of hydrogen-bond acceptors (Lipinski definition) is 4. The van der Waals surface area contributed by atoms with Crippen LogP contribution in [0.15, 0.2) is 35.2 Å². The number of aromatic hydroxyl groups is 1. The topological polar surface area (TPSA) is 49.3 Å². The molecule has 1 aliphatic carbocycles. The molecular formula is C25H27NO2S2. The molecule has 2 N–H and O–H groups in total. The first-order valence-electron chi connectivity index (χ1n) is 10.2. The number of carbonyl (C=O) groups excluding carboxylic acids is 1. The molecule has 0 saturated carbocycles. The van der Waals surface area contributed by atoms with Crippen LogP contribution in [0.25, 0.3) is 17.2 Å². The largest absolute Gasteiger partial charge is 0.507 e. The summed E-state index contributed by atoms with van der Waals surface area (Å²) in [4.78, 5) is 12.6. The maximum atomic E-state index is 12.0. The van der Waals surface area contributed by atoms with Crippen molar-refractivity contribution in [1.82, 2.24) is 5.32 Å². The maximum Gasteiger partial charge on any atom is 0.263 e. The van der Waals surface area contributed by atoms with Gasteiger partial charge < -0.3 is 10.4 Å². The lowest BCUT2D eigenvalue weighted by Gasteiger charge is -2.42. The highest BCUT2D eigenvalue weighted by Crippen LogP contribution is 2.48. The molecular weight excluding hydrogens is 410 g/mol. The normalized spacial score (nSPS) is 20.9. The summed E-state index contributed by atoms with van der Waals surface area (Å²) in [6.45, 7) is 11.4. The zero-order chi connectivity index (χ0) is 21.8. The SMILES string of the molecule is Cc1cc2c(cc1-c1cc(C=C3SC(=S)NC3=O)ccc1O)C(C)(C)CCC2(C)C. The smallest absolute Gasteiger partial charge is 0.263 e. The molecule has 1 saturated heterocycles. The Balaban J connectivity index is 1.84. The van der Waals surface area contributed by atoms with Gasteiger partial charge in [0.05, 0.1) is 4.91 Å². The summed E-state index contributed by atoms with van der Waals surface area (Å²) in [5.41, 5.74) is 6.84. The van der Waals surface area contributed by atoms with Crippen LogP contribution < -0.4 is 5.32 Å². The van der Waals surface area contributed by atoms with Crippen LogP contribution in [-0.2, 0) is 15.6 Å². The van der Waals surface area contributed by atoms with Crippen LogP contribution in [0.1, 0.15) is 62.8 Å². The van der Waals surface area contributed by atoms with E-state index in [1.165, 1.54) is 29.3 Å². The van der Waals surface area contributed by atoms with Crippen LogP contribution in [0.2, 0.25) is 0 Å². The van der Waals surface area contributed by atoms with Crippen LogP contribution >= 0.6 is 24.0 Å². The highest BCUT2D eigenvalue weighted by Gasteiger charge is 2.37. The first-order valence-corrected chi connectivity index (χ1v) is 11.4.